The zero-order valence-electron chi connectivity index (χ0n) is 21.4. The highest BCUT2D eigenvalue weighted by Crippen LogP contribution is 2.31. The smallest absolute Gasteiger partial charge is 0.387 e. The van der Waals surface area contributed by atoms with Crippen LogP contribution in [0.25, 0.3) is 10.3 Å². The van der Waals surface area contributed by atoms with E-state index in [2.05, 4.69) is 29.7 Å². The number of hydrogen-bond donors (Lipinski definition) is 1. The molecule has 1 saturated heterocycles. The first kappa shape index (κ1) is 29.4. The fourth-order valence-electron chi connectivity index (χ4n) is 4.28. The van der Waals surface area contributed by atoms with Crippen molar-refractivity contribution in [1.82, 2.24) is 24.6 Å². The van der Waals surface area contributed by atoms with E-state index in [0.717, 1.165) is 28.6 Å². The Bertz CT molecular complexity index is 1610. The SMILES string of the molecule is O=C(NCc1ccc(OC(F)F)cc1)[C@H]1CN(c2nc3ncncc3s2)CCN1S(=O)(=O)c1ccc(OC(F)F)cc1. The van der Waals surface area contributed by atoms with Gasteiger partial charge in [-0.05, 0) is 42.0 Å². The summed E-state index contributed by atoms with van der Waals surface area (Å²) in [6.07, 6.45) is 2.96. The number of amides is 1. The molecule has 0 bridgehead atoms. The lowest BCUT2D eigenvalue weighted by Gasteiger charge is -2.39. The second-order valence-electron chi connectivity index (χ2n) is 8.87. The van der Waals surface area contributed by atoms with E-state index in [-0.39, 0.29) is 42.6 Å². The molecule has 0 saturated carbocycles. The number of carbonyl (C=O) groups excluding carboxylic acids is 1. The van der Waals surface area contributed by atoms with Crippen LogP contribution in [0.5, 0.6) is 11.5 Å². The van der Waals surface area contributed by atoms with Crippen LogP contribution in [0.15, 0.2) is 66.0 Å². The van der Waals surface area contributed by atoms with Gasteiger partial charge in [-0.3, -0.25) is 4.79 Å². The monoisotopic (exact) mass is 626 g/mol. The quantitative estimate of drug-likeness (QED) is 0.263. The highest BCUT2D eigenvalue weighted by Gasteiger charge is 2.41. The number of sulfonamides is 1. The predicted molar refractivity (Wildman–Crippen MR) is 143 cm³/mol. The van der Waals surface area contributed by atoms with E-state index in [9.17, 15) is 30.8 Å². The standard InChI is InChI=1S/C25H22F4N6O5S2/c26-23(27)39-16-3-1-15(2-4-16)11-31-22(36)19-13-34(25-33-21-20(41-25)12-30-14-32-21)9-10-35(19)42(37,38)18-7-5-17(6-8-18)40-24(28)29/h1-8,12,14,19,23-24H,9-11,13H2,(H,31,36)/t19-/m1/s1. The second kappa shape index (κ2) is 12.4. The molecule has 1 fully saturated rings. The third-order valence-corrected chi connectivity index (χ3v) is 9.20. The first-order valence-corrected chi connectivity index (χ1v) is 14.6. The molecule has 4 aromatic rings. The van der Waals surface area contributed by atoms with Gasteiger partial charge in [-0.2, -0.15) is 26.9 Å². The van der Waals surface area contributed by atoms with Crippen molar-refractivity contribution in [2.75, 3.05) is 24.5 Å². The van der Waals surface area contributed by atoms with E-state index in [4.69, 9.17) is 0 Å². The number of nitrogens with zero attached hydrogens (tertiary/aromatic N) is 5. The molecule has 0 spiro atoms. The predicted octanol–water partition coefficient (Wildman–Crippen LogP) is 3.49. The zero-order chi connectivity index (χ0) is 29.9. The van der Waals surface area contributed by atoms with Crippen molar-refractivity contribution in [3.8, 4) is 11.5 Å². The maximum absolute atomic E-state index is 13.7. The molecule has 1 N–H and O–H groups in total. The van der Waals surface area contributed by atoms with E-state index in [1.807, 2.05) is 0 Å². The number of rotatable bonds is 10. The lowest BCUT2D eigenvalue weighted by Crippen LogP contribution is -2.60. The van der Waals surface area contributed by atoms with Crippen LogP contribution < -0.4 is 19.7 Å². The number of anilines is 1. The summed E-state index contributed by atoms with van der Waals surface area (Å²) >= 11 is 1.29. The third-order valence-electron chi connectivity index (χ3n) is 6.24. The molecule has 1 atom stereocenters. The van der Waals surface area contributed by atoms with Crippen LogP contribution in [0.3, 0.4) is 0 Å². The zero-order valence-corrected chi connectivity index (χ0v) is 23.1. The van der Waals surface area contributed by atoms with Gasteiger partial charge in [0.25, 0.3) is 0 Å². The molecule has 42 heavy (non-hydrogen) atoms. The maximum Gasteiger partial charge on any atom is 0.387 e. The van der Waals surface area contributed by atoms with Crippen molar-refractivity contribution in [2.45, 2.75) is 30.7 Å². The van der Waals surface area contributed by atoms with Gasteiger partial charge < -0.3 is 19.7 Å². The molecule has 17 heteroatoms. The molecule has 1 amide bonds. The molecule has 3 heterocycles. The van der Waals surface area contributed by atoms with Gasteiger partial charge in [0.1, 0.15) is 23.9 Å². The Hall–Kier alpha value is -4.09. The number of benzene rings is 2. The van der Waals surface area contributed by atoms with Crippen LogP contribution in [0.2, 0.25) is 0 Å². The van der Waals surface area contributed by atoms with Gasteiger partial charge in [0.2, 0.25) is 15.9 Å². The highest BCUT2D eigenvalue weighted by atomic mass is 32.2. The molecule has 5 rings (SSSR count). The fourth-order valence-corrected chi connectivity index (χ4v) is 6.78. The molecule has 2 aromatic heterocycles. The minimum atomic E-state index is -4.26. The minimum Gasteiger partial charge on any atom is -0.435 e. The van der Waals surface area contributed by atoms with Crippen molar-refractivity contribution in [3.05, 3.63) is 66.6 Å². The molecule has 1 aliphatic rings. The fraction of sp³-hybridized carbons (Fsp3) is 0.280. The van der Waals surface area contributed by atoms with Gasteiger partial charge in [0.15, 0.2) is 10.8 Å². The summed E-state index contributed by atoms with van der Waals surface area (Å²) in [5.41, 5.74) is 1.03. The van der Waals surface area contributed by atoms with Crippen LogP contribution in [0.4, 0.5) is 22.7 Å². The Labute approximate surface area is 240 Å². The number of fused-ring (bicyclic) bond motifs is 1. The van der Waals surface area contributed by atoms with Crippen molar-refractivity contribution in [2.24, 2.45) is 0 Å². The van der Waals surface area contributed by atoms with E-state index < -0.39 is 35.2 Å². The van der Waals surface area contributed by atoms with Gasteiger partial charge >= 0.3 is 13.2 Å². The summed E-state index contributed by atoms with van der Waals surface area (Å²) in [6, 6.07) is 8.89. The van der Waals surface area contributed by atoms with E-state index in [1.54, 1.807) is 11.1 Å². The van der Waals surface area contributed by atoms with Crippen LogP contribution in [-0.2, 0) is 21.4 Å². The number of ether oxygens (including phenoxy) is 2. The van der Waals surface area contributed by atoms with Crippen molar-refractivity contribution >= 4 is 42.7 Å². The van der Waals surface area contributed by atoms with Gasteiger partial charge in [-0.1, -0.05) is 23.5 Å². The normalized spacial score (nSPS) is 16.2. The van der Waals surface area contributed by atoms with Crippen molar-refractivity contribution < 1.29 is 40.2 Å². The summed E-state index contributed by atoms with van der Waals surface area (Å²) in [5, 5.41) is 3.24. The van der Waals surface area contributed by atoms with Gasteiger partial charge in [-0.25, -0.2) is 18.4 Å². The number of alkyl halides is 4. The van der Waals surface area contributed by atoms with Crippen molar-refractivity contribution in [3.63, 3.8) is 0 Å². The number of nitrogens with one attached hydrogen (secondary N) is 1. The Balaban J connectivity index is 1.38. The molecule has 2 aromatic carbocycles. The maximum atomic E-state index is 13.7. The lowest BCUT2D eigenvalue weighted by atomic mass is 10.1. The van der Waals surface area contributed by atoms with Crippen molar-refractivity contribution in [1.29, 1.82) is 0 Å². The second-order valence-corrected chi connectivity index (χ2v) is 11.8. The number of piperazine rings is 1. The van der Waals surface area contributed by atoms with E-state index >= 15 is 0 Å². The average Bonchev–Trinajstić information content (AvgIpc) is 3.40. The Morgan fingerprint density at radius 3 is 2.26 bits per heavy atom. The molecule has 0 unspecified atom stereocenters. The van der Waals surface area contributed by atoms with Crippen LogP contribution in [0, 0.1) is 0 Å². The number of carbonyl (C=O) groups is 1. The molecular weight excluding hydrogens is 604 g/mol. The average molecular weight is 627 g/mol. The number of thiazole rings is 1. The van der Waals surface area contributed by atoms with Crippen LogP contribution >= 0.6 is 11.3 Å². The summed E-state index contributed by atoms with van der Waals surface area (Å²) in [6.45, 7) is -6.00. The molecule has 1 aliphatic heterocycles. The van der Waals surface area contributed by atoms with Gasteiger partial charge in [-0.15, -0.1) is 0 Å². The van der Waals surface area contributed by atoms with Crippen LogP contribution in [0.1, 0.15) is 5.56 Å². The topological polar surface area (TPSA) is 127 Å². The first-order chi connectivity index (χ1) is 20.1. The summed E-state index contributed by atoms with van der Waals surface area (Å²) in [7, 11) is -4.26. The lowest BCUT2D eigenvalue weighted by molar-refractivity contribution is -0.125. The molecule has 222 valence electrons. The Morgan fingerprint density at radius 1 is 1.00 bits per heavy atom. The number of halogens is 4. The molecule has 11 nitrogen and oxygen atoms in total. The number of hydrogen-bond acceptors (Lipinski definition) is 10. The van der Waals surface area contributed by atoms with E-state index in [0.29, 0.717) is 21.0 Å². The first-order valence-electron chi connectivity index (χ1n) is 12.3. The molecule has 0 radical (unpaired) electrons. The van der Waals surface area contributed by atoms with E-state index in [1.165, 1.54) is 41.9 Å². The Kier molecular flexibility index (Phi) is 8.69. The summed E-state index contributed by atoms with van der Waals surface area (Å²) in [4.78, 5) is 27.6. The van der Waals surface area contributed by atoms with Gasteiger partial charge in [0, 0.05) is 32.4 Å². The number of aromatic nitrogens is 3. The van der Waals surface area contributed by atoms with Crippen LogP contribution in [-0.4, -0.2) is 72.5 Å². The van der Waals surface area contributed by atoms with Gasteiger partial charge in [0.05, 0.1) is 9.60 Å². The summed E-state index contributed by atoms with van der Waals surface area (Å²) in [5.74, 6) is -0.882. The third kappa shape index (κ3) is 6.69. The minimum absolute atomic E-state index is 0.0193. The summed E-state index contributed by atoms with van der Waals surface area (Å²) < 4.78 is 87.7. The molecular formula is C25H22F4N6O5S2. The largest absolute Gasteiger partial charge is 0.435 e. The highest BCUT2D eigenvalue weighted by molar-refractivity contribution is 7.89. The molecule has 0 aliphatic carbocycles. The Morgan fingerprint density at radius 2 is 1.64 bits per heavy atom.